The fourth-order valence-electron chi connectivity index (χ4n) is 3.25. The zero-order valence-electron chi connectivity index (χ0n) is 13.5. The molecule has 2 rings (SSSR count). The van der Waals surface area contributed by atoms with Crippen molar-refractivity contribution in [1.29, 1.82) is 0 Å². The maximum Gasteiger partial charge on any atom is 0.126 e. The van der Waals surface area contributed by atoms with Gasteiger partial charge in [0.25, 0.3) is 0 Å². The summed E-state index contributed by atoms with van der Waals surface area (Å²) >= 11 is 6.33. The molecular weight excluding hydrogens is 282 g/mol. The average Bonchev–Trinajstić information content (AvgIpc) is 2.48. The highest BCUT2D eigenvalue weighted by atomic mass is 35.5. The van der Waals surface area contributed by atoms with E-state index >= 15 is 0 Å². The molecule has 2 atom stereocenters. The van der Waals surface area contributed by atoms with Gasteiger partial charge in [-0.05, 0) is 44.4 Å². The van der Waals surface area contributed by atoms with Crippen LogP contribution in [0.1, 0.15) is 51.6 Å². The first-order chi connectivity index (χ1) is 10.1. The lowest BCUT2D eigenvalue weighted by Crippen LogP contribution is -2.38. The van der Waals surface area contributed by atoms with Gasteiger partial charge in [0.1, 0.15) is 5.82 Å². The summed E-state index contributed by atoms with van der Waals surface area (Å²) in [5.41, 5.74) is 0.984. The van der Waals surface area contributed by atoms with Gasteiger partial charge >= 0.3 is 0 Å². The fraction of sp³-hybridized carbons (Fsp3) is 0.706. The summed E-state index contributed by atoms with van der Waals surface area (Å²) in [4.78, 5) is 7.12. The first kappa shape index (κ1) is 16.6. The Bertz CT molecular complexity index is 450. The molecule has 0 amide bonds. The number of nitrogens with zero attached hydrogens (tertiary/aromatic N) is 2. The predicted molar refractivity (Wildman–Crippen MR) is 90.9 cm³/mol. The van der Waals surface area contributed by atoms with Crippen molar-refractivity contribution >= 4 is 17.4 Å². The van der Waals surface area contributed by atoms with Crippen molar-refractivity contribution in [2.75, 3.05) is 18.9 Å². The molecule has 1 fully saturated rings. The molecule has 1 aromatic rings. The Morgan fingerprint density at radius 2 is 2.10 bits per heavy atom. The summed E-state index contributed by atoms with van der Waals surface area (Å²) < 4.78 is 0. The topological polar surface area (TPSA) is 28.2 Å². The summed E-state index contributed by atoms with van der Waals surface area (Å²) in [5, 5.41) is 4.11. The molecule has 1 N–H and O–H groups in total. The molecule has 1 heterocycles. The summed E-state index contributed by atoms with van der Waals surface area (Å²) in [6, 6.07) is 4.58. The second-order valence-corrected chi connectivity index (χ2v) is 6.70. The smallest absolute Gasteiger partial charge is 0.126 e. The van der Waals surface area contributed by atoms with Crippen molar-refractivity contribution < 1.29 is 0 Å². The number of halogens is 1. The second kappa shape index (κ2) is 8.00. The van der Waals surface area contributed by atoms with E-state index < -0.39 is 0 Å². The van der Waals surface area contributed by atoms with Crippen LogP contribution in [0, 0.1) is 5.92 Å². The van der Waals surface area contributed by atoms with Crippen LogP contribution in [0.3, 0.4) is 0 Å². The largest absolute Gasteiger partial charge is 0.370 e. The number of aromatic nitrogens is 1. The van der Waals surface area contributed by atoms with Crippen molar-refractivity contribution in [1.82, 2.24) is 9.88 Å². The highest BCUT2D eigenvalue weighted by Crippen LogP contribution is 2.29. The molecule has 1 aromatic heterocycles. The number of hydrogen-bond donors (Lipinski definition) is 1. The summed E-state index contributed by atoms with van der Waals surface area (Å²) in [7, 11) is 2.21. The molecule has 1 aliphatic rings. The van der Waals surface area contributed by atoms with E-state index in [9.17, 15) is 0 Å². The van der Waals surface area contributed by atoms with Crippen LogP contribution in [-0.4, -0.2) is 29.5 Å². The molecule has 0 aromatic carbocycles. The van der Waals surface area contributed by atoms with Gasteiger partial charge in [-0.1, -0.05) is 38.3 Å². The molecule has 2 unspecified atom stereocenters. The SMILES string of the molecule is CCCNc1ccc(Cl)c(CN(C)C2CCCCC2C)n1. The van der Waals surface area contributed by atoms with Gasteiger partial charge in [-0.2, -0.15) is 0 Å². The van der Waals surface area contributed by atoms with Crippen molar-refractivity contribution in [3.63, 3.8) is 0 Å². The van der Waals surface area contributed by atoms with Crippen LogP contribution in [0.4, 0.5) is 5.82 Å². The Balaban J connectivity index is 2.03. The Kier molecular flexibility index (Phi) is 6.31. The van der Waals surface area contributed by atoms with E-state index in [1.165, 1.54) is 25.7 Å². The van der Waals surface area contributed by atoms with Crippen LogP contribution in [-0.2, 0) is 6.54 Å². The van der Waals surface area contributed by atoms with Crippen molar-refractivity contribution in [2.45, 2.75) is 58.5 Å². The van der Waals surface area contributed by atoms with E-state index in [0.717, 1.165) is 42.0 Å². The van der Waals surface area contributed by atoms with E-state index in [4.69, 9.17) is 11.6 Å². The first-order valence-corrected chi connectivity index (χ1v) is 8.59. The highest BCUT2D eigenvalue weighted by Gasteiger charge is 2.25. The molecule has 118 valence electrons. The molecule has 0 spiro atoms. The summed E-state index contributed by atoms with van der Waals surface area (Å²) in [6.45, 7) is 6.30. The summed E-state index contributed by atoms with van der Waals surface area (Å²) in [5.74, 6) is 1.70. The lowest BCUT2D eigenvalue weighted by molar-refractivity contribution is 0.132. The van der Waals surface area contributed by atoms with Gasteiger partial charge in [-0.25, -0.2) is 4.98 Å². The molecule has 0 aliphatic heterocycles. The molecule has 1 saturated carbocycles. The summed E-state index contributed by atoms with van der Waals surface area (Å²) in [6.07, 6.45) is 6.45. The van der Waals surface area contributed by atoms with Crippen LogP contribution < -0.4 is 5.32 Å². The van der Waals surface area contributed by atoms with Gasteiger partial charge in [-0.3, -0.25) is 4.90 Å². The Labute approximate surface area is 134 Å². The number of nitrogens with one attached hydrogen (secondary N) is 1. The minimum absolute atomic E-state index is 0.656. The standard InChI is InChI=1S/C17H28ClN3/c1-4-11-19-17-10-9-14(18)15(20-17)12-21(3)16-8-6-5-7-13(16)2/h9-10,13,16H,4-8,11-12H2,1-3H3,(H,19,20). The van der Waals surface area contributed by atoms with E-state index in [0.29, 0.717) is 6.04 Å². The number of hydrogen-bond acceptors (Lipinski definition) is 3. The Morgan fingerprint density at radius 3 is 2.81 bits per heavy atom. The maximum atomic E-state index is 6.33. The quantitative estimate of drug-likeness (QED) is 0.834. The van der Waals surface area contributed by atoms with Gasteiger partial charge in [0.2, 0.25) is 0 Å². The van der Waals surface area contributed by atoms with E-state index in [2.05, 4.69) is 36.1 Å². The highest BCUT2D eigenvalue weighted by molar-refractivity contribution is 6.31. The number of pyridine rings is 1. The molecule has 21 heavy (non-hydrogen) atoms. The lowest BCUT2D eigenvalue weighted by atomic mass is 9.85. The monoisotopic (exact) mass is 309 g/mol. The van der Waals surface area contributed by atoms with E-state index in [1.807, 2.05) is 12.1 Å². The molecule has 0 bridgehead atoms. The first-order valence-electron chi connectivity index (χ1n) is 8.21. The van der Waals surface area contributed by atoms with Gasteiger partial charge in [0.05, 0.1) is 10.7 Å². The van der Waals surface area contributed by atoms with Gasteiger partial charge < -0.3 is 5.32 Å². The minimum Gasteiger partial charge on any atom is -0.370 e. The van der Waals surface area contributed by atoms with Gasteiger partial charge in [0.15, 0.2) is 0 Å². The number of anilines is 1. The van der Waals surface area contributed by atoms with Crippen LogP contribution in [0.2, 0.25) is 5.02 Å². The third-order valence-electron chi connectivity index (χ3n) is 4.51. The third kappa shape index (κ3) is 4.58. The molecule has 0 radical (unpaired) electrons. The van der Waals surface area contributed by atoms with Crippen LogP contribution in [0.15, 0.2) is 12.1 Å². The second-order valence-electron chi connectivity index (χ2n) is 6.30. The Morgan fingerprint density at radius 1 is 1.33 bits per heavy atom. The third-order valence-corrected chi connectivity index (χ3v) is 4.85. The zero-order chi connectivity index (χ0) is 15.2. The molecule has 1 aliphatic carbocycles. The van der Waals surface area contributed by atoms with Crippen LogP contribution in [0.25, 0.3) is 0 Å². The molecule has 3 nitrogen and oxygen atoms in total. The van der Waals surface area contributed by atoms with Crippen molar-refractivity contribution in [3.8, 4) is 0 Å². The lowest BCUT2D eigenvalue weighted by Gasteiger charge is -2.36. The maximum absolute atomic E-state index is 6.33. The van der Waals surface area contributed by atoms with Crippen molar-refractivity contribution in [2.24, 2.45) is 5.92 Å². The molecule has 0 saturated heterocycles. The predicted octanol–water partition coefficient (Wildman–Crippen LogP) is 4.57. The van der Waals surface area contributed by atoms with Crippen molar-refractivity contribution in [3.05, 3.63) is 22.8 Å². The minimum atomic E-state index is 0.656. The average molecular weight is 310 g/mol. The fourth-order valence-corrected chi connectivity index (χ4v) is 3.42. The molecular formula is C17H28ClN3. The van der Waals surface area contributed by atoms with Crippen LogP contribution in [0.5, 0.6) is 0 Å². The molecule has 4 heteroatoms. The normalized spacial score (nSPS) is 22.5. The van der Waals surface area contributed by atoms with Crippen LogP contribution >= 0.6 is 11.6 Å². The number of rotatable bonds is 6. The van der Waals surface area contributed by atoms with E-state index in [1.54, 1.807) is 0 Å². The Hall–Kier alpha value is -0.800. The van der Waals surface area contributed by atoms with E-state index in [-0.39, 0.29) is 0 Å². The van der Waals surface area contributed by atoms with Gasteiger partial charge in [-0.15, -0.1) is 0 Å². The van der Waals surface area contributed by atoms with Gasteiger partial charge in [0, 0.05) is 19.1 Å². The zero-order valence-corrected chi connectivity index (χ0v) is 14.3.